The zero-order chi connectivity index (χ0) is 43.3. The first-order chi connectivity index (χ1) is 28.9. The van der Waals surface area contributed by atoms with Gasteiger partial charge in [-0.15, -0.1) is 0 Å². The molecule has 0 amide bonds. The maximum atomic E-state index is 14.4. The Labute approximate surface area is 366 Å². The lowest BCUT2D eigenvalue weighted by atomic mass is 10.0. The molecule has 0 saturated carbocycles. The fourth-order valence-electron chi connectivity index (χ4n) is 7.84. The summed E-state index contributed by atoms with van der Waals surface area (Å²) in [6.45, 7) is 2.61. The van der Waals surface area contributed by atoms with E-state index in [0.717, 1.165) is 7.94 Å². The molecule has 3 saturated heterocycles. The normalized spacial score (nSPS) is 26.4. The molecule has 18 nitrogen and oxygen atoms in total. The van der Waals surface area contributed by atoms with Crippen molar-refractivity contribution in [2.75, 3.05) is 13.2 Å². The van der Waals surface area contributed by atoms with Crippen LogP contribution in [0.15, 0.2) is 76.8 Å². The summed E-state index contributed by atoms with van der Waals surface area (Å²) in [6.07, 6.45) is -6.52. The molecule has 6 aromatic rings. The Balaban J connectivity index is 1.000. The molecule has 3 N–H and O–H groups in total. The molecule has 3 aliphatic heterocycles. The van der Waals surface area contributed by atoms with Crippen molar-refractivity contribution in [2.45, 2.75) is 78.3 Å². The summed E-state index contributed by atoms with van der Waals surface area (Å²) in [5.74, 6) is -0.998. The minimum absolute atomic E-state index is 0.0280. The second-order valence-electron chi connectivity index (χ2n) is 14.7. The van der Waals surface area contributed by atoms with Crippen molar-refractivity contribution in [3.05, 3.63) is 99.0 Å². The SMILES string of the molecule is CC1(C)O[C@@H]2[C@@H](CO)OC(c3cn(S(=O)(=O)c4cccc(OC[C@H]5OC(c6cn(S(=O)(=O)c7ccccc7)c7c(Cl)nc(Cl)nc67)[C@H](O)[C@@H]5O)c4)c4c(Cl)nc(Cl)nc34)[C@@H]2O1. The smallest absolute Gasteiger partial charge is 0.268 e. The Kier molecular flexibility index (Phi) is 10.8. The van der Waals surface area contributed by atoms with Crippen molar-refractivity contribution in [3.8, 4) is 5.75 Å². The van der Waals surface area contributed by atoms with E-state index < -0.39 is 87.9 Å². The van der Waals surface area contributed by atoms with E-state index in [0.29, 0.717) is 0 Å². The van der Waals surface area contributed by atoms with Crippen LogP contribution >= 0.6 is 46.4 Å². The van der Waals surface area contributed by atoms with Gasteiger partial charge in [0.1, 0.15) is 83.3 Å². The topological polar surface area (TPSA) is 237 Å². The molecule has 8 atom stereocenters. The molecule has 2 aromatic carbocycles. The molecule has 9 rings (SSSR count). The summed E-state index contributed by atoms with van der Waals surface area (Å²) in [6, 6.07) is 12.9. The third-order valence-corrected chi connectivity index (χ3v) is 14.7. The molecule has 322 valence electrons. The number of fused-ring (bicyclic) bond motifs is 3. The molecular weight excluding hydrogens is 926 g/mol. The molecular formula is C37H32Cl4N6O12S2. The number of halogens is 4. The first-order valence-corrected chi connectivity index (χ1v) is 22.7. The third kappa shape index (κ3) is 7.24. The van der Waals surface area contributed by atoms with Gasteiger partial charge in [0.15, 0.2) is 16.1 Å². The minimum Gasteiger partial charge on any atom is -0.491 e. The van der Waals surface area contributed by atoms with Crippen LogP contribution < -0.4 is 4.74 Å². The van der Waals surface area contributed by atoms with Crippen LogP contribution in [0.25, 0.3) is 22.1 Å². The Morgan fingerprint density at radius 1 is 0.705 bits per heavy atom. The van der Waals surface area contributed by atoms with E-state index in [1.807, 2.05) is 0 Å². The first kappa shape index (κ1) is 42.6. The van der Waals surface area contributed by atoms with Crippen LogP contribution in [0.1, 0.15) is 37.2 Å². The molecule has 3 fully saturated rings. The summed E-state index contributed by atoms with van der Waals surface area (Å²) < 4.78 is 88.4. The largest absolute Gasteiger partial charge is 0.491 e. The second-order valence-corrected chi connectivity index (χ2v) is 19.8. The van der Waals surface area contributed by atoms with E-state index >= 15 is 0 Å². The van der Waals surface area contributed by atoms with Gasteiger partial charge in [0.05, 0.1) is 16.4 Å². The number of hydrogen-bond acceptors (Lipinski definition) is 16. The summed E-state index contributed by atoms with van der Waals surface area (Å²) in [5.41, 5.74) is 0.0491. The lowest BCUT2D eigenvalue weighted by Gasteiger charge is -2.23. The highest BCUT2D eigenvalue weighted by Gasteiger charge is 2.56. The lowest BCUT2D eigenvalue weighted by molar-refractivity contribution is -0.190. The monoisotopic (exact) mass is 956 g/mol. The maximum absolute atomic E-state index is 14.4. The van der Waals surface area contributed by atoms with Gasteiger partial charge in [-0.05, 0) is 61.3 Å². The average molecular weight is 959 g/mol. The molecule has 4 aromatic heterocycles. The molecule has 61 heavy (non-hydrogen) atoms. The summed E-state index contributed by atoms with van der Waals surface area (Å²) in [5, 5.41) is 31.3. The average Bonchev–Trinajstić information content (AvgIpc) is 4.01. The third-order valence-electron chi connectivity index (χ3n) is 10.5. The van der Waals surface area contributed by atoms with Gasteiger partial charge in [-0.3, -0.25) is 0 Å². The van der Waals surface area contributed by atoms with E-state index in [2.05, 4.69) is 19.9 Å². The zero-order valence-corrected chi connectivity index (χ0v) is 36.1. The predicted molar refractivity (Wildman–Crippen MR) is 217 cm³/mol. The quantitative estimate of drug-likeness (QED) is 0.127. The molecule has 24 heteroatoms. The highest BCUT2D eigenvalue weighted by atomic mass is 35.5. The standard InChI is InChI=1S/C37H32Cl4N6O12S2/c1-37(2)58-31-21(14-48)56-30(32(31)59-37)20-13-47(26-24(20)43-36(41)45-34(26)39)61(53,54)18-10-6-7-16(11-18)55-15-22-27(49)28(50)29(57-22)19-12-46(25-23(19)42-35(40)44-33(25)38)60(51,52)17-8-4-3-5-9-17/h3-13,21-22,27-32,48-50H,14-15H2,1-2H3/t21-,22-,27-,28-,29?,30?,31-,32+/m1/s1. The van der Waals surface area contributed by atoms with Gasteiger partial charge in [-0.25, -0.2) is 44.7 Å². The minimum atomic E-state index is -4.51. The molecule has 7 heterocycles. The first-order valence-electron chi connectivity index (χ1n) is 18.3. The Morgan fingerprint density at radius 3 is 1.85 bits per heavy atom. The summed E-state index contributed by atoms with van der Waals surface area (Å²) in [4.78, 5) is 16.1. The van der Waals surface area contributed by atoms with Gasteiger partial charge in [-0.2, -0.15) is 0 Å². The maximum Gasteiger partial charge on any atom is 0.268 e. The molecule has 0 bridgehead atoms. The van der Waals surface area contributed by atoms with E-state index in [1.165, 1.54) is 48.8 Å². The van der Waals surface area contributed by atoms with Crippen molar-refractivity contribution < 1.29 is 55.8 Å². The Bertz CT molecular complexity index is 2940. The molecule has 0 aliphatic carbocycles. The van der Waals surface area contributed by atoms with Crippen LogP contribution in [0.5, 0.6) is 5.75 Å². The van der Waals surface area contributed by atoms with Gasteiger partial charge in [0, 0.05) is 29.6 Å². The van der Waals surface area contributed by atoms with Crippen LogP contribution in [-0.2, 0) is 39.0 Å². The molecule has 3 aliphatic rings. The highest BCUT2D eigenvalue weighted by molar-refractivity contribution is 7.90. The predicted octanol–water partition coefficient (Wildman–Crippen LogP) is 4.46. The number of ether oxygens (including phenoxy) is 5. The van der Waals surface area contributed by atoms with Gasteiger partial charge >= 0.3 is 0 Å². The van der Waals surface area contributed by atoms with E-state index in [1.54, 1.807) is 32.0 Å². The number of nitrogens with zero attached hydrogens (tertiary/aromatic N) is 6. The van der Waals surface area contributed by atoms with Gasteiger partial charge in [0.2, 0.25) is 10.6 Å². The summed E-state index contributed by atoms with van der Waals surface area (Å²) >= 11 is 25.3. The van der Waals surface area contributed by atoms with E-state index in [9.17, 15) is 32.2 Å². The molecule has 0 radical (unpaired) electrons. The highest BCUT2D eigenvalue weighted by Crippen LogP contribution is 2.48. The van der Waals surface area contributed by atoms with Gasteiger partial charge in [0.25, 0.3) is 20.0 Å². The van der Waals surface area contributed by atoms with E-state index in [4.69, 9.17) is 70.1 Å². The fraction of sp³-hybridized carbons (Fsp3) is 0.351. The fourth-order valence-corrected chi connectivity index (χ4v) is 11.7. The van der Waals surface area contributed by atoms with E-state index in [-0.39, 0.29) is 69.6 Å². The number of rotatable bonds is 10. The van der Waals surface area contributed by atoms with Crippen LogP contribution in [0, 0.1) is 0 Å². The molecule has 2 unspecified atom stereocenters. The number of aromatic nitrogens is 6. The zero-order valence-electron chi connectivity index (χ0n) is 31.4. The van der Waals surface area contributed by atoms with Crippen LogP contribution in [-0.4, -0.2) is 116 Å². The van der Waals surface area contributed by atoms with Crippen molar-refractivity contribution in [1.82, 2.24) is 27.9 Å². The number of hydrogen-bond donors (Lipinski definition) is 3. The van der Waals surface area contributed by atoms with Crippen molar-refractivity contribution >= 4 is 88.5 Å². The van der Waals surface area contributed by atoms with Crippen molar-refractivity contribution in [2.24, 2.45) is 0 Å². The lowest BCUT2D eigenvalue weighted by Crippen LogP contribution is -2.34. The Morgan fingerprint density at radius 2 is 1.25 bits per heavy atom. The van der Waals surface area contributed by atoms with Crippen LogP contribution in [0.3, 0.4) is 0 Å². The van der Waals surface area contributed by atoms with Gasteiger partial charge < -0.3 is 39.0 Å². The van der Waals surface area contributed by atoms with Crippen molar-refractivity contribution in [3.63, 3.8) is 0 Å². The molecule has 0 spiro atoms. The van der Waals surface area contributed by atoms with Crippen LogP contribution in [0.2, 0.25) is 20.9 Å². The number of aliphatic hydroxyl groups is 3. The Hall–Kier alpha value is -3.74. The summed E-state index contributed by atoms with van der Waals surface area (Å²) in [7, 11) is -8.79. The second kappa shape index (κ2) is 15.5. The van der Waals surface area contributed by atoms with Gasteiger partial charge in [-0.1, -0.05) is 47.5 Å². The van der Waals surface area contributed by atoms with Crippen molar-refractivity contribution in [1.29, 1.82) is 0 Å². The van der Waals surface area contributed by atoms with Crippen LogP contribution in [0.4, 0.5) is 0 Å². The number of aliphatic hydroxyl groups excluding tert-OH is 3. The number of benzene rings is 2.